The number of hydrogen-bond donors (Lipinski definition) is 1. The number of nitrogens with two attached hydrogens (primary N) is 1. The summed E-state index contributed by atoms with van der Waals surface area (Å²) in [5.41, 5.74) is 7.26. The highest BCUT2D eigenvalue weighted by Crippen LogP contribution is 2.23. The largest absolute Gasteiger partial charge is 0.355 e. The molecule has 2 N–H and O–H groups in total. The van der Waals surface area contributed by atoms with Crippen LogP contribution in [-0.2, 0) is 0 Å². The second-order valence-electron chi connectivity index (χ2n) is 5.41. The zero-order chi connectivity index (χ0) is 15.5. The molecule has 2 aromatic rings. The van der Waals surface area contributed by atoms with E-state index in [1.807, 2.05) is 12.1 Å². The van der Waals surface area contributed by atoms with Crippen molar-refractivity contribution >= 4 is 11.5 Å². The number of hydrogen-bond acceptors (Lipinski definition) is 6. The first-order valence-electron chi connectivity index (χ1n) is 7.22. The third kappa shape index (κ3) is 3.04. The Kier molecular flexibility index (Phi) is 3.97. The molecule has 0 unspecified atom stereocenters. The molecule has 3 rings (SSSR count). The molecule has 0 amide bonds. The fraction of sp³-hybridized carbons (Fsp3) is 0.333. The van der Waals surface area contributed by atoms with Crippen LogP contribution in [0.15, 0.2) is 36.4 Å². The van der Waals surface area contributed by atoms with E-state index in [1.165, 1.54) is 12.1 Å². The third-order valence-electron chi connectivity index (χ3n) is 3.87. The normalized spacial score (nSPS) is 15.8. The Hall–Kier alpha value is -2.54. The Balaban J connectivity index is 1.79. The lowest BCUT2D eigenvalue weighted by atomic mass is 10.1. The van der Waals surface area contributed by atoms with E-state index < -0.39 is 4.92 Å². The lowest BCUT2D eigenvalue weighted by Gasteiger charge is -2.30. The van der Waals surface area contributed by atoms with Gasteiger partial charge in [0.05, 0.1) is 10.6 Å². The van der Waals surface area contributed by atoms with E-state index in [2.05, 4.69) is 15.1 Å². The van der Waals surface area contributed by atoms with Crippen molar-refractivity contribution in [1.29, 1.82) is 0 Å². The number of rotatable bonds is 3. The van der Waals surface area contributed by atoms with E-state index in [1.54, 1.807) is 12.1 Å². The van der Waals surface area contributed by atoms with Crippen LogP contribution in [0.25, 0.3) is 11.3 Å². The molecule has 1 saturated heterocycles. The monoisotopic (exact) mass is 299 g/mol. The Bertz CT molecular complexity index is 666. The van der Waals surface area contributed by atoms with Crippen molar-refractivity contribution in [3.8, 4) is 11.3 Å². The number of piperidine rings is 1. The van der Waals surface area contributed by atoms with Crippen LogP contribution in [0, 0.1) is 10.1 Å². The average molecular weight is 299 g/mol. The SMILES string of the molecule is NC1CCN(c2ccc(-c3cccc([N+](=O)[O-])c3)nn2)CC1. The Labute approximate surface area is 127 Å². The lowest BCUT2D eigenvalue weighted by molar-refractivity contribution is -0.384. The van der Waals surface area contributed by atoms with Crippen molar-refractivity contribution in [2.45, 2.75) is 18.9 Å². The van der Waals surface area contributed by atoms with Crippen LogP contribution >= 0.6 is 0 Å². The Morgan fingerprint density at radius 3 is 2.59 bits per heavy atom. The van der Waals surface area contributed by atoms with Gasteiger partial charge in [0.2, 0.25) is 0 Å². The molecule has 7 heteroatoms. The van der Waals surface area contributed by atoms with Crippen LogP contribution in [0.2, 0.25) is 0 Å². The topological polar surface area (TPSA) is 98.2 Å². The molecule has 1 fully saturated rings. The van der Waals surface area contributed by atoms with Gasteiger partial charge in [-0.25, -0.2) is 0 Å². The van der Waals surface area contributed by atoms with E-state index in [0.717, 1.165) is 31.7 Å². The van der Waals surface area contributed by atoms with Crippen LogP contribution in [0.1, 0.15) is 12.8 Å². The molecule has 1 aliphatic heterocycles. The smallest absolute Gasteiger partial charge is 0.270 e. The van der Waals surface area contributed by atoms with Crippen LogP contribution in [-0.4, -0.2) is 34.3 Å². The zero-order valence-electron chi connectivity index (χ0n) is 12.1. The van der Waals surface area contributed by atoms with Crippen LogP contribution in [0.4, 0.5) is 11.5 Å². The first kappa shape index (κ1) is 14.4. The second-order valence-corrected chi connectivity index (χ2v) is 5.41. The van der Waals surface area contributed by atoms with E-state index in [4.69, 9.17) is 5.73 Å². The van der Waals surface area contributed by atoms with E-state index in [0.29, 0.717) is 11.3 Å². The van der Waals surface area contributed by atoms with E-state index in [-0.39, 0.29) is 11.7 Å². The summed E-state index contributed by atoms with van der Waals surface area (Å²) in [4.78, 5) is 12.6. The molecular formula is C15H17N5O2. The molecule has 0 bridgehead atoms. The molecule has 2 heterocycles. The van der Waals surface area contributed by atoms with Crippen LogP contribution in [0.5, 0.6) is 0 Å². The van der Waals surface area contributed by atoms with Gasteiger partial charge in [0, 0.05) is 36.8 Å². The second kappa shape index (κ2) is 6.07. The summed E-state index contributed by atoms with van der Waals surface area (Å²) in [5, 5.41) is 19.3. The van der Waals surface area contributed by atoms with E-state index >= 15 is 0 Å². The van der Waals surface area contributed by atoms with Crippen LogP contribution in [0.3, 0.4) is 0 Å². The minimum Gasteiger partial charge on any atom is -0.355 e. The highest BCUT2D eigenvalue weighted by molar-refractivity contribution is 5.62. The highest BCUT2D eigenvalue weighted by atomic mass is 16.6. The van der Waals surface area contributed by atoms with Crippen molar-refractivity contribution in [1.82, 2.24) is 10.2 Å². The van der Waals surface area contributed by atoms with Gasteiger partial charge in [-0.2, -0.15) is 0 Å². The molecule has 1 aliphatic rings. The molecule has 1 aromatic carbocycles. The van der Waals surface area contributed by atoms with Gasteiger partial charge in [-0.1, -0.05) is 12.1 Å². The third-order valence-corrected chi connectivity index (χ3v) is 3.87. The quantitative estimate of drug-likeness (QED) is 0.687. The first-order valence-corrected chi connectivity index (χ1v) is 7.22. The van der Waals surface area contributed by atoms with Gasteiger partial charge < -0.3 is 10.6 Å². The minimum atomic E-state index is -0.414. The van der Waals surface area contributed by atoms with Gasteiger partial charge in [-0.05, 0) is 25.0 Å². The van der Waals surface area contributed by atoms with Crippen molar-refractivity contribution in [2.24, 2.45) is 5.73 Å². The number of anilines is 1. The highest BCUT2D eigenvalue weighted by Gasteiger charge is 2.17. The standard InChI is InChI=1S/C15H17N5O2/c16-12-6-8-19(9-7-12)15-5-4-14(17-18-15)11-2-1-3-13(10-11)20(21)22/h1-5,10,12H,6-9,16H2. The molecule has 114 valence electrons. The minimum absolute atomic E-state index is 0.0494. The van der Waals surface area contributed by atoms with Crippen LogP contribution < -0.4 is 10.6 Å². The Morgan fingerprint density at radius 1 is 1.18 bits per heavy atom. The fourth-order valence-electron chi connectivity index (χ4n) is 2.56. The van der Waals surface area contributed by atoms with E-state index in [9.17, 15) is 10.1 Å². The number of nitro groups is 1. The number of nitrogens with zero attached hydrogens (tertiary/aromatic N) is 4. The fourth-order valence-corrected chi connectivity index (χ4v) is 2.56. The summed E-state index contributed by atoms with van der Waals surface area (Å²) in [6, 6.07) is 10.4. The predicted molar refractivity (Wildman–Crippen MR) is 83.5 cm³/mol. The summed E-state index contributed by atoms with van der Waals surface area (Å²) in [7, 11) is 0. The maximum absolute atomic E-state index is 10.8. The molecule has 0 radical (unpaired) electrons. The maximum Gasteiger partial charge on any atom is 0.270 e. The van der Waals surface area contributed by atoms with Gasteiger partial charge in [0.25, 0.3) is 5.69 Å². The average Bonchev–Trinajstić information content (AvgIpc) is 2.56. The van der Waals surface area contributed by atoms with Crippen molar-refractivity contribution in [3.63, 3.8) is 0 Å². The summed E-state index contributed by atoms with van der Waals surface area (Å²) in [6.45, 7) is 1.76. The summed E-state index contributed by atoms with van der Waals surface area (Å²) in [5.74, 6) is 0.820. The van der Waals surface area contributed by atoms with Gasteiger partial charge in [-0.3, -0.25) is 10.1 Å². The number of non-ortho nitro benzene ring substituents is 1. The molecule has 7 nitrogen and oxygen atoms in total. The first-order chi connectivity index (χ1) is 10.6. The van der Waals surface area contributed by atoms with Crippen molar-refractivity contribution in [3.05, 3.63) is 46.5 Å². The summed E-state index contributed by atoms with van der Waals surface area (Å²) in [6.07, 6.45) is 1.91. The molecule has 1 aromatic heterocycles. The Morgan fingerprint density at radius 2 is 1.95 bits per heavy atom. The number of nitro benzene ring substituents is 1. The molecular weight excluding hydrogens is 282 g/mol. The molecule has 0 atom stereocenters. The van der Waals surface area contributed by atoms with Gasteiger partial charge >= 0.3 is 0 Å². The molecule has 0 aliphatic carbocycles. The predicted octanol–water partition coefficient (Wildman–Crippen LogP) is 1.98. The molecule has 0 saturated carbocycles. The van der Waals surface area contributed by atoms with Crippen molar-refractivity contribution in [2.75, 3.05) is 18.0 Å². The zero-order valence-corrected chi connectivity index (χ0v) is 12.1. The van der Waals surface area contributed by atoms with Gasteiger partial charge in [-0.15, -0.1) is 10.2 Å². The maximum atomic E-state index is 10.8. The summed E-state index contributed by atoms with van der Waals surface area (Å²) >= 11 is 0. The molecule has 0 spiro atoms. The summed E-state index contributed by atoms with van der Waals surface area (Å²) < 4.78 is 0. The number of aromatic nitrogens is 2. The van der Waals surface area contributed by atoms with Gasteiger partial charge in [0.15, 0.2) is 5.82 Å². The number of benzene rings is 1. The lowest BCUT2D eigenvalue weighted by Crippen LogP contribution is -2.40. The van der Waals surface area contributed by atoms with Gasteiger partial charge in [0.1, 0.15) is 0 Å². The molecule has 22 heavy (non-hydrogen) atoms. The van der Waals surface area contributed by atoms with Crippen molar-refractivity contribution < 1.29 is 4.92 Å².